The lowest BCUT2D eigenvalue weighted by molar-refractivity contribution is -0.274. The monoisotopic (exact) mass is 429 g/mol. The number of halogens is 3. The number of alkyl halides is 3. The summed E-state index contributed by atoms with van der Waals surface area (Å²) in [7, 11) is 1.53. The first-order valence-corrected chi connectivity index (χ1v) is 9.39. The Labute approximate surface area is 176 Å². The van der Waals surface area contributed by atoms with Gasteiger partial charge in [-0.15, -0.1) is 13.2 Å². The van der Waals surface area contributed by atoms with Crippen LogP contribution in [-0.4, -0.2) is 31.0 Å². The molecule has 0 aliphatic carbocycles. The summed E-state index contributed by atoms with van der Waals surface area (Å²) in [5, 5.41) is 2.68. The van der Waals surface area contributed by atoms with E-state index in [1.165, 1.54) is 24.3 Å². The molecule has 0 radical (unpaired) electrons. The zero-order valence-corrected chi connectivity index (χ0v) is 16.4. The Balaban J connectivity index is 1.64. The number of nitrogens with one attached hydrogen (secondary N) is 1. The number of carbonyl (C=O) groups is 1. The number of nitrogens with zero attached hydrogens (tertiary/aromatic N) is 2. The van der Waals surface area contributed by atoms with Crippen LogP contribution in [0.5, 0.6) is 11.5 Å². The predicted molar refractivity (Wildman–Crippen MR) is 109 cm³/mol. The van der Waals surface area contributed by atoms with E-state index in [4.69, 9.17) is 4.74 Å². The molecule has 1 N–H and O–H groups in total. The molecule has 1 aliphatic heterocycles. The van der Waals surface area contributed by atoms with Crippen LogP contribution >= 0.6 is 0 Å². The zero-order valence-electron chi connectivity index (χ0n) is 16.4. The molecule has 0 fully saturated rings. The summed E-state index contributed by atoms with van der Waals surface area (Å²) >= 11 is 0. The van der Waals surface area contributed by atoms with E-state index in [9.17, 15) is 18.0 Å². The number of carbonyl (C=O) groups excluding carboxylic acids is 1. The molecule has 160 valence electrons. The second kappa shape index (κ2) is 8.17. The maximum atomic E-state index is 12.9. The average molecular weight is 429 g/mol. The maximum absolute atomic E-state index is 12.9. The van der Waals surface area contributed by atoms with Crippen LogP contribution < -0.4 is 19.7 Å². The zero-order chi connectivity index (χ0) is 22.0. The number of anilines is 2. The minimum Gasteiger partial charge on any atom is -0.497 e. The van der Waals surface area contributed by atoms with E-state index < -0.39 is 18.1 Å². The highest BCUT2D eigenvalue weighted by molar-refractivity contribution is 6.03. The van der Waals surface area contributed by atoms with Crippen molar-refractivity contribution in [3.8, 4) is 22.6 Å². The van der Waals surface area contributed by atoms with Crippen molar-refractivity contribution in [3.05, 3.63) is 66.5 Å². The molecule has 0 saturated heterocycles. The molecule has 3 aromatic rings. The van der Waals surface area contributed by atoms with Crippen molar-refractivity contribution in [2.24, 2.45) is 0 Å². The number of pyridine rings is 1. The third-order valence-electron chi connectivity index (χ3n) is 4.82. The smallest absolute Gasteiger partial charge is 0.497 e. The van der Waals surface area contributed by atoms with Crippen LogP contribution in [-0.2, 0) is 6.42 Å². The summed E-state index contributed by atoms with van der Waals surface area (Å²) < 4.78 is 47.8. The first-order valence-electron chi connectivity index (χ1n) is 9.39. The normalized spacial score (nSPS) is 13.0. The Morgan fingerprint density at radius 2 is 1.94 bits per heavy atom. The summed E-state index contributed by atoms with van der Waals surface area (Å²) in [5.74, 6) is 0.172. The molecule has 0 unspecified atom stereocenters. The van der Waals surface area contributed by atoms with Crippen molar-refractivity contribution in [1.29, 1.82) is 0 Å². The van der Waals surface area contributed by atoms with Gasteiger partial charge in [-0.25, -0.2) is 4.79 Å². The van der Waals surface area contributed by atoms with E-state index in [-0.39, 0.29) is 5.69 Å². The lowest BCUT2D eigenvalue weighted by atomic mass is 10.1. The number of fused-ring (bicyclic) bond motifs is 1. The number of urea groups is 1. The number of benzene rings is 2. The number of methoxy groups -OCH3 is 1. The van der Waals surface area contributed by atoms with Gasteiger partial charge in [0.1, 0.15) is 11.5 Å². The summed E-state index contributed by atoms with van der Waals surface area (Å²) in [5.41, 5.74) is 2.87. The Hall–Kier alpha value is -3.75. The van der Waals surface area contributed by atoms with Crippen LogP contribution in [0.1, 0.15) is 5.56 Å². The van der Waals surface area contributed by atoms with Crippen molar-refractivity contribution < 1.29 is 27.4 Å². The van der Waals surface area contributed by atoms with Gasteiger partial charge >= 0.3 is 12.4 Å². The Morgan fingerprint density at radius 1 is 1.10 bits per heavy atom. The summed E-state index contributed by atoms with van der Waals surface area (Å²) in [6, 6.07) is 12.3. The van der Waals surface area contributed by atoms with Crippen LogP contribution in [0, 0.1) is 0 Å². The van der Waals surface area contributed by atoms with E-state index >= 15 is 0 Å². The number of rotatable bonds is 4. The van der Waals surface area contributed by atoms with Crippen LogP contribution in [0.15, 0.2) is 60.9 Å². The molecule has 0 saturated carbocycles. The van der Waals surface area contributed by atoms with E-state index in [1.54, 1.807) is 30.5 Å². The first kappa shape index (κ1) is 20.5. The lowest BCUT2D eigenvalue weighted by Crippen LogP contribution is -2.33. The van der Waals surface area contributed by atoms with Gasteiger partial charge in [0.15, 0.2) is 0 Å². The maximum Gasteiger partial charge on any atom is 0.573 e. The molecule has 2 amide bonds. The van der Waals surface area contributed by atoms with Gasteiger partial charge in [0.05, 0.1) is 12.8 Å². The van der Waals surface area contributed by atoms with Gasteiger partial charge in [0, 0.05) is 42.3 Å². The van der Waals surface area contributed by atoms with E-state index in [1.807, 2.05) is 12.1 Å². The number of amides is 2. The third-order valence-corrected chi connectivity index (χ3v) is 4.82. The van der Waals surface area contributed by atoms with Gasteiger partial charge in [0.2, 0.25) is 0 Å². The molecule has 9 heteroatoms. The largest absolute Gasteiger partial charge is 0.573 e. The van der Waals surface area contributed by atoms with Gasteiger partial charge < -0.3 is 14.8 Å². The van der Waals surface area contributed by atoms with Crippen molar-refractivity contribution in [2.45, 2.75) is 12.8 Å². The Morgan fingerprint density at radius 3 is 2.65 bits per heavy atom. The lowest BCUT2D eigenvalue weighted by Gasteiger charge is -2.19. The van der Waals surface area contributed by atoms with Crippen LogP contribution in [0.4, 0.5) is 29.3 Å². The van der Waals surface area contributed by atoms with Crippen LogP contribution in [0.25, 0.3) is 11.1 Å². The molecule has 0 atom stereocenters. The highest BCUT2D eigenvalue weighted by Crippen LogP contribution is 2.34. The minimum absolute atomic E-state index is 0.168. The fourth-order valence-electron chi connectivity index (χ4n) is 3.45. The first-order chi connectivity index (χ1) is 14.8. The minimum atomic E-state index is -4.86. The highest BCUT2D eigenvalue weighted by atomic mass is 19.4. The summed E-state index contributed by atoms with van der Waals surface area (Å²) in [4.78, 5) is 18.4. The van der Waals surface area contributed by atoms with Gasteiger partial charge in [-0.1, -0.05) is 12.1 Å². The Bertz CT molecular complexity index is 1100. The molecular formula is C22H18F3N3O3. The van der Waals surface area contributed by atoms with Crippen molar-refractivity contribution >= 4 is 17.4 Å². The quantitative estimate of drug-likeness (QED) is 0.615. The van der Waals surface area contributed by atoms with E-state index in [0.717, 1.165) is 11.6 Å². The predicted octanol–water partition coefficient (Wildman–Crippen LogP) is 5.25. The molecule has 2 heterocycles. The molecule has 1 aromatic heterocycles. The van der Waals surface area contributed by atoms with E-state index in [0.29, 0.717) is 35.5 Å². The second-order valence-corrected chi connectivity index (χ2v) is 6.86. The van der Waals surface area contributed by atoms with Crippen LogP contribution in [0.2, 0.25) is 0 Å². The number of aromatic nitrogens is 1. The molecule has 0 bridgehead atoms. The molecular weight excluding hydrogens is 411 g/mol. The molecule has 0 spiro atoms. The average Bonchev–Trinajstić information content (AvgIpc) is 3.16. The van der Waals surface area contributed by atoms with Gasteiger partial charge in [-0.05, 0) is 41.8 Å². The molecule has 6 nitrogen and oxygen atoms in total. The third kappa shape index (κ3) is 4.71. The number of hydrogen-bond acceptors (Lipinski definition) is 4. The standard InChI is InChI=1S/C22H18F3N3O3/c1-30-18-5-4-14-6-8-28(20(14)12-18)21(29)27-17-9-16(15-3-2-7-26-13-15)10-19(11-17)31-22(23,24)25/h2-5,7,9-13H,6,8H2,1H3,(H,27,29). The van der Waals surface area contributed by atoms with Crippen molar-refractivity contribution in [3.63, 3.8) is 0 Å². The van der Waals surface area contributed by atoms with Gasteiger partial charge in [0.25, 0.3) is 0 Å². The van der Waals surface area contributed by atoms with Gasteiger partial charge in [-0.2, -0.15) is 0 Å². The SMILES string of the molecule is COc1ccc2c(c1)N(C(=O)Nc1cc(OC(F)(F)F)cc(-c3cccnc3)c1)CC2. The summed E-state index contributed by atoms with van der Waals surface area (Å²) in [6.45, 7) is 0.447. The topological polar surface area (TPSA) is 63.7 Å². The molecule has 1 aliphatic rings. The van der Waals surface area contributed by atoms with Crippen molar-refractivity contribution in [2.75, 3.05) is 23.9 Å². The molecule has 2 aromatic carbocycles. The molecule has 4 rings (SSSR count). The van der Waals surface area contributed by atoms with Crippen molar-refractivity contribution in [1.82, 2.24) is 4.98 Å². The number of hydrogen-bond donors (Lipinski definition) is 1. The van der Waals surface area contributed by atoms with Crippen LogP contribution in [0.3, 0.4) is 0 Å². The Kier molecular flexibility index (Phi) is 5.41. The van der Waals surface area contributed by atoms with Gasteiger partial charge in [-0.3, -0.25) is 9.88 Å². The number of ether oxygens (including phenoxy) is 2. The fourth-order valence-corrected chi connectivity index (χ4v) is 3.45. The molecule has 31 heavy (non-hydrogen) atoms. The summed E-state index contributed by atoms with van der Waals surface area (Å²) in [6.07, 6.45) is -1.12. The fraction of sp³-hybridized carbons (Fsp3) is 0.182. The highest BCUT2D eigenvalue weighted by Gasteiger charge is 2.32. The van der Waals surface area contributed by atoms with E-state index in [2.05, 4.69) is 15.0 Å². The second-order valence-electron chi connectivity index (χ2n) is 6.86.